The Hall–Kier alpha value is -3.59. The predicted octanol–water partition coefficient (Wildman–Crippen LogP) is 4.99. The molecular weight excluding hydrogens is 537 g/mol. The maximum absolute atomic E-state index is 13.1. The summed E-state index contributed by atoms with van der Waals surface area (Å²) in [5.41, 5.74) is 3.29. The zero-order valence-electron chi connectivity index (χ0n) is 21.7. The summed E-state index contributed by atoms with van der Waals surface area (Å²) >= 11 is 12.5. The van der Waals surface area contributed by atoms with Crippen LogP contribution in [0.5, 0.6) is 0 Å². The quantitative estimate of drug-likeness (QED) is 0.294. The molecule has 0 amide bonds. The van der Waals surface area contributed by atoms with Crippen LogP contribution in [-0.2, 0) is 9.53 Å². The van der Waals surface area contributed by atoms with Gasteiger partial charge in [-0.25, -0.2) is 18.8 Å². The third-order valence-corrected chi connectivity index (χ3v) is 7.76. The molecule has 8 nitrogen and oxygen atoms in total. The van der Waals surface area contributed by atoms with Gasteiger partial charge in [-0.15, -0.1) is 0 Å². The molecule has 4 aromatic rings. The summed E-state index contributed by atoms with van der Waals surface area (Å²) in [6.07, 6.45) is 1.56. The SMILES string of the molecule is COC(=O)C(c1ccc(Cl)cc1Cl)N1CCN(c2ccc(-n3cnn(C(C)c4ccccc4)c3=O)cc2)CC1. The van der Waals surface area contributed by atoms with Crippen molar-refractivity contribution in [3.8, 4) is 5.69 Å². The van der Waals surface area contributed by atoms with E-state index in [0.717, 1.165) is 16.9 Å². The van der Waals surface area contributed by atoms with Crippen LogP contribution in [0.2, 0.25) is 10.0 Å². The van der Waals surface area contributed by atoms with Gasteiger partial charge in [-0.3, -0.25) is 4.90 Å². The van der Waals surface area contributed by atoms with Gasteiger partial charge in [0.1, 0.15) is 12.4 Å². The summed E-state index contributed by atoms with van der Waals surface area (Å²) in [7, 11) is 1.38. The standard InChI is InChI=1S/C29H29Cl2N5O3/c1-20(21-6-4-3-5-7-21)36-29(38)35(19-32-36)24-11-9-23(10-12-24)33-14-16-34(17-15-33)27(28(37)39-2)25-13-8-22(30)18-26(25)31/h3-13,18-20,27H,14-17H2,1-2H3. The van der Waals surface area contributed by atoms with Gasteiger partial charge in [0.15, 0.2) is 0 Å². The largest absolute Gasteiger partial charge is 0.468 e. The van der Waals surface area contributed by atoms with Gasteiger partial charge in [0, 0.05) is 41.9 Å². The number of benzene rings is 3. The molecule has 1 aliphatic rings. The number of piperazine rings is 1. The Morgan fingerprint density at radius 2 is 1.59 bits per heavy atom. The van der Waals surface area contributed by atoms with Gasteiger partial charge in [-0.2, -0.15) is 5.10 Å². The first kappa shape index (κ1) is 27.0. The summed E-state index contributed by atoms with van der Waals surface area (Å²) in [5.74, 6) is -0.357. The Bertz CT molecular complexity index is 1500. The van der Waals surface area contributed by atoms with E-state index in [0.29, 0.717) is 41.8 Å². The molecule has 10 heteroatoms. The van der Waals surface area contributed by atoms with Crippen molar-refractivity contribution in [2.24, 2.45) is 0 Å². The molecule has 0 bridgehead atoms. The number of esters is 1. The second-order valence-electron chi connectivity index (χ2n) is 9.45. The molecule has 202 valence electrons. The van der Waals surface area contributed by atoms with E-state index in [9.17, 15) is 9.59 Å². The van der Waals surface area contributed by atoms with Gasteiger partial charge in [-0.1, -0.05) is 59.6 Å². The molecule has 0 saturated carbocycles. The maximum atomic E-state index is 13.1. The number of nitrogens with zero attached hydrogens (tertiary/aromatic N) is 5. The van der Waals surface area contributed by atoms with E-state index in [1.807, 2.05) is 61.5 Å². The third kappa shape index (κ3) is 5.59. The van der Waals surface area contributed by atoms with Crippen LogP contribution in [0.25, 0.3) is 5.69 Å². The van der Waals surface area contributed by atoms with E-state index in [1.54, 1.807) is 29.1 Å². The minimum absolute atomic E-state index is 0.174. The number of anilines is 1. The monoisotopic (exact) mass is 565 g/mol. The number of carbonyl (C=O) groups excluding carboxylic acids is 1. The van der Waals surface area contributed by atoms with Crippen LogP contribution in [0.15, 0.2) is 83.9 Å². The van der Waals surface area contributed by atoms with Gasteiger partial charge >= 0.3 is 11.7 Å². The van der Waals surface area contributed by atoms with Gasteiger partial charge in [0.25, 0.3) is 0 Å². The number of rotatable bonds is 7. The van der Waals surface area contributed by atoms with Crippen molar-refractivity contribution in [2.75, 3.05) is 38.2 Å². The lowest BCUT2D eigenvalue weighted by Gasteiger charge is -2.39. The second kappa shape index (κ2) is 11.7. The van der Waals surface area contributed by atoms with Crippen molar-refractivity contribution in [3.63, 3.8) is 0 Å². The van der Waals surface area contributed by atoms with Crippen LogP contribution < -0.4 is 10.6 Å². The minimum atomic E-state index is -0.606. The summed E-state index contributed by atoms with van der Waals surface area (Å²) in [6, 6.07) is 22.1. The average molecular weight is 566 g/mol. The first-order chi connectivity index (χ1) is 18.9. The van der Waals surface area contributed by atoms with Crippen molar-refractivity contribution < 1.29 is 9.53 Å². The van der Waals surface area contributed by atoms with Crippen LogP contribution in [0.3, 0.4) is 0 Å². The lowest BCUT2D eigenvalue weighted by molar-refractivity contribution is -0.147. The first-order valence-electron chi connectivity index (χ1n) is 12.7. The molecule has 0 spiro atoms. The van der Waals surface area contributed by atoms with E-state index in [4.69, 9.17) is 27.9 Å². The molecule has 0 N–H and O–H groups in total. The predicted molar refractivity (Wildman–Crippen MR) is 153 cm³/mol. The van der Waals surface area contributed by atoms with Gasteiger partial charge < -0.3 is 9.64 Å². The van der Waals surface area contributed by atoms with E-state index >= 15 is 0 Å². The molecule has 2 heterocycles. The number of hydrogen-bond acceptors (Lipinski definition) is 6. The van der Waals surface area contributed by atoms with E-state index in [-0.39, 0.29) is 17.7 Å². The molecule has 1 saturated heterocycles. The molecule has 1 aromatic heterocycles. The third-order valence-electron chi connectivity index (χ3n) is 7.20. The van der Waals surface area contributed by atoms with Gasteiger partial charge in [-0.05, 0) is 54.4 Å². The highest BCUT2D eigenvalue weighted by atomic mass is 35.5. The molecule has 3 aromatic carbocycles. The Morgan fingerprint density at radius 3 is 2.23 bits per heavy atom. The minimum Gasteiger partial charge on any atom is -0.468 e. The van der Waals surface area contributed by atoms with E-state index in [1.165, 1.54) is 11.8 Å². The van der Waals surface area contributed by atoms with Crippen molar-refractivity contribution in [2.45, 2.75) is 19.0 Å². The maximum Gasteiger partial charge on any atom is 0.350 e. The fourth-order valence-corrected chi connectivity index (χ4v) is 5.51. The topological polar surface area (TPSA) is 72.6 Å². The number of carbonyl (C=O) groups is 1. The zero-order chi connectivity index (χ0) is 27.5. The van der Waals surface area contributed by atoms with Crippen LogP contribution in [0.4, 0.5) is 5.69 Å². The van der Waals surface area contributed by atoms with Crippen LogP contribution >= 0.6 is 23.2 Å². The smallest absolute Gasteiger partial charge is 0.350 e. The Kier molecular flexibility index (Phi) is 8.07. The van der Waals surface area contributed by atoms with Crippen LogP contribution in [0, 0.1) is 0 Å². The Balaban J connectivity index is 1.28. The number of methoxy groups -OCH3 is 1. The molecule has 1 fully saturated rings. The Morgan fingerprint density at radius 1 is 0.923 bits per heavy atom. The lowest BCUT2D eigenvalue weighted by Crippen LogP contribution is -2.49. The number of hydrogen-bond donors (Lipinski definition) is 0. The fourth-order valence-electron chi connectivity index (χ4n) is 5.00. The molecule has 39 heavy (non-hydrogen) atoms. The average Bonchev–Trinajstić information content (AvgIpc) is 3.35. The van der Waals surface area contributed by atoms with Gasteiger partial charge in [0.05, 0.1) is 18.8 Å². The zero-order valence-corrected chi connectivity index (χ0v) is 23.2. The Labute approximate surface area is 236 Å². The van der Waals surface area contributed by atoms with Gasteiger partial charge in [0.2, 0.25) is 0 Å². The summed E-state index contributed by atoms with van der Waals surface area (Å²) in [5, 5.41) is 5.31. The molecule has 0 aliphatic carbocycles. The van der Waals surface area contributed by atoms with Crippen molar-refractivity contribution in [1.29, 1.82) is 0 Å². The van der Waals surface area contributed by atoms with E-state index < -0.39 is 6.04 Å². The molecule has 2 unspecified atom stereocenters. The highest BCUT2D eigenvalue weighted by molar-refractivity contribution is 6.35. The number of ether oxygens (including phenoxy) is 1. The van der Waals surface area contributed by atoms with Crippen molar-refractivity contribution in [3.05, 3.63) is 111 Å². The fraction of sp³-hybridized carbons (Fsp3) is 0.276. The first-order valence-corrected chi connectivity index (χ1v) is 13.5. The summed E-state index contributed by atoms with van der Waals surface area (Å²) < 4.78 is 8.15. The van der Waals surface area contributed by atoms with Crippen molar-refractivity contribution in [1.82, 2.24) is 19.2 Å². The van der Waals surface area contributed by atoms with Crippen LogP contribution in [0.1, 0.15) is 30.1 Å². The van der Waals surface area contributed by atoms with Crippen molar-refractivity contribution >= 4 is 34.9 Å². The normalized spacial score (nSPS) is 15.6. The lowest BCUT2D eigenvalue weighted by atomic mass is 10.0. The second-order valence-corrected chi connectivity index (χ2v) is 10.3. The highest BCUT2D eigenvalue weighted by Crippen LogP contribution is 2.32. The molecule has 5 rings (SSSR count). The number of halogens is 2. The summed E-state index contributed by atoms with van der Waals surface area (Å²) in [4.78, 5) is 30.2. The molecule has 1 aliphatic heterocycles. The van der Waals surface area contributed by atoms with Crippen LogP contribution in [-0.4, -0.2) is 58.5 Å². The highest BCUT2D eigenvalue weighted by Gasteiger charge is 2.33. The molecule has 2 atom stereocenters. The molecular formula is C29H29Cl2N5O3. The summed E-state index contributed by atoms with van der Waals surface area (Å²) in [6.45, 7) is 4.67. The number of aromatic nitrogens is 3. The van der Waals surface area contributed by atoms with E-state index in [2.05, 4.69) is 14.9 Å². The molecule has 0 radical (unpaired) electrons.